The minimum Gasteiger partial charge on any atom is -0.347 e. The monoisotopic (exact) mass is 248 g/mol. The molecule has 1 amide bonds. The maximum absolute atomic E-state index is 11.7. The zero-order valence-corrected chi connectivity index (χ0v) is 10.1. The number of fused-ring (bicyclic) bond motifs is 1. The Hall–Kier alpha value is -1.66. The Morgan fingerprint density at radius 2 is 2.53 bits per heavy atom. The van der Waals surface area contributed by atoms with Crippen molar-refractivity contribution in [3.63, 3.8) is 0 Å². The number of hydrogen-bond acceptors (Lipinski definition) is 4. The van der Waals surface area contributed by atoms with Crippen LogP contribution in [-0.2, 0) is 0 Å². The minimum atomic E-state index is -0.0631. The van der Waals surface area contributed by atoms with Crippen LogP contribution < -0.4 is 10.6 Å². The number of aromatic nitrogens is 2. The van der Waals surface area contributed by atoms with E-state index in [1.54, 1.807) is 16.0 Å². The van der Waals surface area contributed by atoms with E-state index in [2.05, 4.69) is 15.7 Å². The van der Waals surface area contributed by atoms with Gasteiger partial charge >= 0.3 is 0 Å². The van der Waals surface area contributed by atoms with Crippen LogP contribution in [0.4, 0.5) is 0 Å². The van der Waals surface area contributed by atoms with Gasteiger partial charge in [0.05, 0.1) is 11.4 Å². The lowest BCUT2D eigenvalue weighted by atomic mass is 10.2. The van der Waals surface area contributed by atoms with Gasteiger partial charge in [-0.15, -0.1) is 11.3 Å². The molecular weight excluding hydrogens is 236 g/mol. The first-order valence-electron chi connectivity index (χ1n) is 5.38. The SMILES string of the molecule is CNC1CNC(=O)c2cc(-c3cccs3)nn21. The quantitative estimate of drug-likeness (QED) is 0.836. The van der Waals surface area contributed by atoms with Gasteiger partial charge in [-0.1, -0.05) is 6.07 Å². The van der Waals surface area contributed by atoms with Gasteiger partial charge in [-0.3, -0.25) is 10.1 Å². The van der Waals surface area contributed by atoms with E-state index in [9.17, 15) is 4.79 Å². The van der Waals surface area contributed by atoms with Gasteiger partial charge in [-0.2, -0.15) is 5.10 Å². The van der Waals surface area contributed by atoms with Crippen molar-refractivity contribution in [1.29, 1.82) is 0 Å². The third-order valence-electron chi connectivity index (χ3n) is 2.83. The Balaban J connectivity index is 2.09. The molecule has 2 aromatic rings. The smallest absolute Gasteiger partial charge is 0.269 e. The number of likely N-dealkylation sites (N-methyl/N-ethyl adjacent to an activating group) is 1. The largest absolute Gasteiger partial charge is 0.347 e. The number of thiophene rings is 1. The summed E-state index contributed by atoms with van der Waals surface area (Å²) in [7, 11) is 1.86. The lowest BCUT2D eigenvalue weighted by Gasteiger charge is -2.23. The zero-order chi connectivity index (χ0) is 11.8. The molecule has 0 aliphatic carbocycles. The highest BCUT2D eigenvalue weighted by atomic mass is 32.1. The van der Waals surface area contributed by atoms with Crippen molar-refractivity contribution in [3.05, 3.63) is 29.3 Å². The average molecular weight is 248 g/mol. The van der Waals surface area contributed by atoms with E-state index in [4.69, 9.17) is 0 Å². The summed E-state index contributed by atoms with van der Waals surface area (Å²) < 4.78 is 1.76. The number of amides is 1. The molecule has 0 saturated carbocycles. The summed E-state index contributed by atoms with van der Waals surface area (Å²) in [5, 5.41) is 12.5. The zero-order valence-electron chi connectivity index (χ0n) is 9.30. The molecular formula is C11H12N4OS. The van der Waals surface area contributed by atoms with Crippen molar-refractivity contribution in [2.24, 2.45) is 0 Å². The Morgan fingerprint density at radius 3 is 3.24 bits per heavy atom. The fraction of sp³-hybridized carbons (Fsp3) is 0.273. The standard InChI is InChI=1S/C11H12N4OS/c1-12-10-6-13-11(16)8-5-7(14-15(8)10)9-3-2-4-17-9/h2-5,10,12H,6H2,1H3,(H,13,16). The van der Waals surface area contributed by atoms with Crippen LogP contribution in [0.2, 0.25) is 0 Å². The highest BCUT2D eigenvalue weighted by molar-refractivity contribution is 7.13. The second-order valence-electron chi connectivity index (χ2n) is 3.85. The summed E-state index contributed by atoms with van der Waals surface area (Å²) >= 11 is 1.62. The van der Waals surface area contributed by atoms with E-state index in [1.807, 2.05) is 30.6 Å². The third kappa shape index (κ3) is 1.65. The highest BCUT2D eigenvalue weighted by Crippen LogP contribution is 2.26. The number of carbonyl (C=O) groups is 1. The second-order valence-corrected chi connectivity index (χ2v) is 4.80. The summed E-state index contributed by atoms with van der Waals surface area (Å²) in [5.74, 6) is -0.0631. The minimum absolute atomic E-state index is 0.0245. The molecule has 88 valence electrons. The van der Waals surface area contributed by atoms with Crippen LogP contribution in [0, 0.1) is 0 Å². The van der Waals surface area contributed by atoms with Gasteiger partial charge in [0.25, 0.3) is 5.91 Å². The van der Waals surface area contributed by atoms with E-state index in [1.165, 1.54) is 0 Å². The predicted molar refractivity (Wildman–Crippen MR) is 66.0 cm³/mol. The number of nitrogens with zero attached hydrogens (tertiary/aromatic N) is 2. The van der Waals surface area contributed by atoms with Gasteiger partial charge in [0.2, 0.25) is 0 Å². The summed E-state index contributed by atoms with van der Waals surface area (Å²) in [5.41, 5.74) is 1.46. The van der Waals surface area contributed by atoms with Gasteiger partial charge in [0.15, 0.2) is 0 Å². The molecule has 0 fully saturated rings. The van der Waals surface area contributed by atoms with Crippen LogP contribution in [0.15, 0.2) is 23.6 Å². The van der Waals surface area contributed by atoms with Gasteiger partial charge < -0.3 is 5.32 Å². The molecule has 2 aromatic heterocycles. The van der Waals surface area contributed by atoms with Crippen molar-refractivity contribution in [2.45, 2.75) is 6.17 Å². The normalized spacial score (nSPS) is 18.9. The molecule has 1 unspecified atom stereocenters. The molecule has 6 heteroatoms. The Kier molecular flexibility index (Phi) is 2.45. The van der Waals surface area contributed by atoms with E-state index in [0.717, 1.165) is 10.6 Å². The summed E-state index contributed by atoms with van der Waals surface area (Å²) in [6.07, 6.45) is 0.0245. The van der Waals surface area contributed by atoms with Crippen LogP contribution >= 0.6 is 11.3 Å². The van der Waals surface area contributed by atoms with Gasteiger partial charge in [0, 0.05) is 0 Å². The molecule has 1 aliphatic rings. The average Bonchev–Trinajstić information content (AvgIpc) is 2.98. The molecule has 1 atom stereocenters. The third-order valence-corrected chi connectivity index (χ3v) is 3.72. The molecule has 3 rings (SSSR count). The van der Waals surface area contributed by atoms with Crippen molar-refractivity contribution in [1.82, 2.24) is 20.4 Å². The highest BCUT2D eigenvalue weighted by Gasteiger charge is 2.26. The van der Waals surface area contributed by atoms with Crippen molar-refractivity contribution < 1.29 is 4.79 Å². The molecule has 0 bridgehead atoms. The predicted octanol–water partition coefficient (Wildman–Crippen LogP) is 1.07. The van der Waals surface area contributed by atoms with E-state index >= 15 is 0 Å². The molecule has 2 N–H and O–H groups in total. The van der Waals surface area contributed by atoms with Gasteiger partial charge in [-0.05, 0) is 24.6 Å². The molecule has 3 heterocycles. The van der Waals surface area contributed by atoms with Crippen LogP contribution in [0.3, 0.4) is 0 Å². The summed E-state index contributed by atoms with van der Waals surface area (Å²) in [6, 6.07) is 5.82. The molecule has 0 spiro atoms. The van der Waals surface area contributed by atoms with Gasteiger partial charge in [-0.25, -0.2) is 4.68 Å². The van der Waals surface area contributed by atoms with Crippen molar-refractivity contribution in [3.8, 4) is 10.6 Å². The molecule has 1 aliphatic heterocycles. The lowest BCUT2D eigenvalue weighted by Crippen LogP contribution is -2.44. The van der Waals surface area contributed by atoms with Crippen LogP contribution in [0.25, 0.3) is 10.6 Å². The van der Waals surface area contributed by atoms with Crippen molar-refractivity contribution >= 4 is 17.2 Å². The summed E-state index contributed by atoms with van der Waals surface area (Å²) in [4.78, 5) is 12.8. The number of nitrogens with one attached hydrogen (secondary N) is 2. The second kappa shape index (κ2) is 3.97. The Labute approximate surface area is 102 Å². The fourth-order valence-electron chi connectivity index (χ4n) is 1.94. The molecule has 0 radical (unpaired) electrons. The maximum atomic E-state index is 11.7. The summed E-state index contributed by atoms with van der Waals surface area (Å²) in [6.45, 7) is 0.563. The number of hydrogen-bond donors (Lipinski definition) is 2. The van der Waals surface area contributed by atoms with Crippen LogP contribution in [0.1, 0.15) is 16.7 Å². The Bertz CT molecular complexity index is 546. The van der Waals surface area contributed by atoms with Crippen LogP contribution in [0.5, 0.6) is 0 Å². The van der Waals surface area contributed by atoms with Crippen LogP contribution in [-0.4, -0.2) is 29.3 Å². The maximum Gasteiger partial charge on any atom is 0.269 e. The molecule has 5 nitrogen and oxygen atoms in total. The first kappa shape index (κ1) is 10.5. The molecule has 0 saturated heterocycles. The first-order chi connectivity index (χ1) is 8.29. The molecule has 0 aromatic carbocycles. The topological polar surface area (TPSA) is 58.9 Å². The van der Waals surface area contributed by atoms with E-state index in [0.29, 0.717) is 12.2 Å². The fourth-order valence-corrected chi connectivity index (χ4v) is 2.62. The van der Waals surface area contributed by atoms with Crippen molar-refractivity contribution in [2.75, 3.05) is 13.6 Å². The van der Waals surface area contributed by atoms with E-state index in [-0.39, 0.29) is 12.1 Å². The number of rotatable bonds is 2. The Morgan fingerprint density at radius 1 is 1.65 bits per heavy atom. The first-order valence-corrected chi connectivity index (χ1v) is 6.26. The molecule has 17 heavy (non-hydrogen) atoms. The van der Waals surface area contributed by atoms with Gasteiger partial charge in [0.1, 0.15) is 17.6 Å². The number of carbonyl (C=O) groups excluding carboxylic acids is 1. The lowest BCUT2D eigenvalue weighted by molar-refractivity contribution is 0.0903. The van der Waals surface area contributed by atoms with E-state index < -0.39 is 0 Å².